The topological polar surface area (TPSA) is 0 Å². The molecule has 2 rings (SSSR count). The van der Waals surface area contributed by atoms with E-state index < -0.39 is 8.11 Å². The Balaban J connectivity index is 1.96. The van der Waals surface area contributed by atoms with Gasteiger partial charge in [-0.3, -0.25) is 0 Å². The Labute approximate surface area is 116 Å². The fraction of sp³-hybridized carbons (Fsp3) is 0.571. The summed E-state index contributed by atoms with van der Waals surface area (Å²) in [5, 5.41) is 0.887. The number of benzene rings is 1. The first-order chi connectivity index (χ1) is 8.18. The lowest BCUT2D eigenvalue weighted by Crippen LogP contribution is -2.14. The zero-order valence-corrected chi connectivity index (χ0v) is 12.8. The molecule has 17 heavy (non-hydrogen) atoms. The molecule has 0 spiro atoms. The van der Waals surface area contributed by atoms with Gasteiger partial charge in [0.05, 0.1) is 0 Å². The maximum Gasteiger partial charge on any atom is 0.169 e. The van der Waals surface area contributed by atoms with Gasteiger partial charge < -0.3 is 0 Å². The number of rotatable bonds is 4. The van der Waals surface area contributed by atoms with E-state index in [1.807, 2.05) is 12.1 Å². The number of halogens is 2. The fourth-order valence-corrected chi connectivity index (χ4v) is 6.53. The van der Waals surface area contributed by atoms with Crippen LogP contribution >= 0.6 is 22.7 Å². The van der Waals surface area contributed by atoms with Crippen LogP contribution < -0.4 is 0 Å². The lowest BCUT2D eigenvalue weighted by atomic mass is 10.0. The van der Waals surface area contributed by atoms with Crippen LogP contribution in [-0.4, -0.2) is 8.11 Å². The highest BCUT2D eigenvalue weighted by Gasteiger charge is 2.27. The van der Waals surface area contributed by atoms with Crippen LogP contribution in [0.3, 0.4) is 0 Å². The predicted molar refractivity (Wildman–Crippen MR) is 78.5 cm³/mol. The second-order valence-electron chi connectivity index (χ2n) is 5.05. The summed E-state index contributed by atoms with van der Waals surface area (Å²) in [6, 6.07) is 9.30. The molecule has 0 nitrogen and oxygen atoms in total. The summed E-state index contributed by atoms with van der Waals surface area (Å²) in [5.74, 6) is 0.496. The summed E-state index contributed by atoms with van der Waals surface area (Å²) in [6.45, 7) is 2.25. The molecule has 1 fully saturated rings. The van der Waals surface area contributed by atoms with Crippen LogP contribution in [0.2, 0.25) is 16.6 Å². The third-order valence-electron chi connectivity index (χ3n) is 3.74. The van der Waals surface area contributed by atoms with Crippen LogP contribution in [0, 0.1) is 0 Å². The standard InChI is InChI=1S/C14H19Cl2Si/c1-11(13-8-4-5-9-14(13)15)10-17(16)12-6-2-3-7-12/h4-5,8-9,11-12H,2-3,6-7,10H2,1H3. The Morgan fingerprint density at radius 2 is 1.94 bits per heavy atom. The summed E-state index contributed by atoms with van der Waals surface area (Å²) in [6.07, 6.45) is 5.47. The van der Waals surface area contributed by atoms with E-state index in [1.54, 1.807) is 0 Å². The van der Waals surface area contributed by atoms with Gasteiger partial charge in [-0.05, 0) is 29.1 Å². The average Bonchev–Trinajstić information content (AvgIpc) is 2.82. The highest BCUT2D eigenvalue weighted by Crippen LogP contribution is 2.39. The molecular weight excluding hydrogens is 267 g/mol. The van der Waals surface area contributed by atoms with E-state index >= 15 is 0 Å². The molecule has 0 aliphatic heterocycles. The van der Waals surface area contributed by atoms with Crippen molar-refractivity contribution >= 4 is 30.8 Å². The normalized spacial score (nSPS) is 18.8. The lowest BCUT2D eigenvalue weighted by molar-refractivity contribution is 0.808. The van der Waals surface area contributed by atoms with Gasteiger partial charge in [0, 0.05) is 5.02 Å². The zero-order valence-electron chi connectivity index (χ0n) is 10.3. The molecule has 0 N–H and O–H groups in total. The van der Waals surface area contributed by atoms with Crippen LogP contribution in [-0.2, 0) is 0 Å². The Morgan fingerprint density at radius 1 is 1.29 bits per heavy atom. The lowest BCUT2D eigenvalue weighted by Gasteiger charge is -2.19. The molecule has 1 saturated carbocycles. The molecule has 1 aromatic carbocycles. The molecule has 0 bridgehead atoms. The largest absolute Gasteiger partial charge is 0.169 e. The molecule has 1 radical (unpaired) electrons. The minimum atomic E-state index is -0.716. The van der Waals surface area contributed by atoms with Crippen molar-refractivity contribution in [2.75, 3.05) is 0 Å². The van der Waals surface area contributed by atoms with Crippen LogP contribution in [0.25, 0.3) is 0 Å². The fourth-order valence-electron chi connectivity index (χ4n) is 2.68. The minimum absolute atomic E-state index is 0.496. The van der Waals surface area contributed by atoms with Gasteiger partial charge in [0.25, 0.3) is 0 Å². The monoisotopic (exact) mass is 285 g/mol. The summed E-state index contributed by atoms with van der Waals surface area (Å²) in [7, 11) is -0.716. The van der Waals surface area contributed by atoms with Crippen LogP contribution in [0.15, 0.2) is 24.3 Å². The zero-order chi connectivity index (χ0) is 12.3. The average molecular weight is 286 g/mol. The van der Waals surface area contributed by atoms with E-state index in [9.17, 15) is 0 Å². The van der Waals surface area contributed by atoms with Gasteiger partial charge in [-0.1, -0.05) is 62.4 Å². The van der Waals surface area contributed by atoms with E-state index in [1.165, 1.54) is 31.2 Å². The van der Waals surface area contributed by atoms with Gasteiger partial charge >= 0.3 is 0 Å². The molecule has 1 aromatic rings. The third-order valence-corrected chi connectivity index (χ3v) is 7.93. The molecule has 0 aromatic heterocycles. The maximum absolute atomic E-state index is 6.64. The first-order valence-corrected chi connectivity index (χ1v) is 9.61. The second kappa shape index (κ2) is 6.26. The maximum atomic E-state index is 6.64. The number of hydrogen-bond acceptors (Lipinski definition) is 0. The van der Waals surface area contributed by atoms with Crippen molar-refractivity contribution in [3.8, 4) is 0 Å². The molecule has 1 unspecified atom stereocenters. The van der Waals surface area contributed by atoms with E-state index in [0.29, 0.717) is 5.92 Å². The molecule has 0 heterocycles. The molecule has 3 heteroatoms. The van der Waals surface area contributed by atoms with Crippen molar-refractivity contribution in [3.63, 3.8) is 0 Å². The van der Waals surface area contributed by atoms with Crippen LogP contribution in [0.1, 0.15) is 44.1 Å². The first kappa shape index (κ1) is 13.4. The van der Waals surface area contributed by atoms with Crippen LogP contribution in [0.4, 0.5) is 0 Å². The molecule has 93 valence electrons. The van der Waals surface area contributed by atoms with Crippen molar-refractivity contribution in [2.45, 2.75) is 50.1 Å². The van der Waals surface area contributed by atoms with Crippen LogP contribution in [0.5, 0.6) is 0 Å². The van der Waals surface area contributed by atoms with Gasteiger partial charge in [0.1, 0.15) is 0 Å². The second-order valence-corrected chi connectivity index (χ2v) is 9.04. The first-order valence-electron chi connectivity index (χ1n) is 6.44. The Morgan fingerprint density at radius 3 is 2.59 bits per heavy atom. The minimum Gasteiger partial charge on any atom is -0.169 e. The summed E-state index contributed by atoms with van der Waals surface area (Å²) in [4.78, 5) is 0. The van der Waals surface area contributed by atoms with Gasteiger partial charge in [-0.25, -0.2) is 0 Å². The Kier molecular flexibility index (Phi) is 4.95. The van der Waals surface area contributed by atoms with Crippen molar-refractivity contribution < 1.29 is 0 Å². The Hall–Kier alpha value is 0.0169. The Bertz CT molecular complexity index is 361. The third kappa shape index (κ3) is 3.49. The smallest absolute Gasteiger partial charge is 0.169 e. The summed E-state index contributed by atoms with van der Waals surface area (Å²) in [5.41, 5.74) is 2.09. The molecule has 0 saturated heterocycles. The van der Waals surface area contributed by atoms with E-state index in [4.69, 9.17) is 22.7 Å². The van der Waals surface area contributed by atoms with E-state index in [2.05, 4.69) is 19.1 Å². The van der Waals surface area contributed by atoms with Gasteiger partial charge in [-0.15, -0.1) is 0 Å². The van der Waals surface area contributed by atoms with E-state index in [-0.39, 0.29) is 0 Å². The molecule has 1 aliphatic rings. The SMILES string of the molecule is CC(C[Si](Cl)C1CCCC1)c1ccccc1Cl. The quantitative estimate of drug-likeness (QED) is 0.498. The predicted octanol–water partition coefficient (Wildman–Crippen LogP) is 5.62. The van der Waals surface area contributed by atoms with Crippen molar-refractivity contribution in [1.82, 2.24) is 0 Å². The molecule has 1 atom stereocenters. The summed E-state index contributed by atoms with van der Waals surface area (Å²) >= 11 is 12.9. The highest BCUT2D eigenvalue weighted by molar-refractivity contribution is 7.07. The summed E-state index contributed by atoms with van der Waals surface area (Å²) < 4.78 is 0. The van der Waals surface area contributed by atoms with E-state index in [0.717, 1.165) is 16.6 Å². The van der Waals surface area contributed by atoms with Crippen molar-refractivity contribution in [2.24, 2.45) is 0 Å². The number of hydrogen-bond donors (Lipinski definition) is 0. The van der Waals surface area contributed by atoms with Gasteiger partial charge in [0.2, 0.25) is 0 Å². The molecular formula is C14H19Cl2Si. The molecule has 0 amide bonds. The van der Waals surface area contributed by atoms with Crippen molar-refractivity contribution in [3.05, 3.63) is 34.9 Å². The van der Waals surface area contributed by atoms with Crippen molar-refractivity contribution in [1.29, 1.82) is 0 Å². The highest BCUT2D eigenvalue weighted by atomic mass is 35.6. The molecule has 1 aliphatic carbocycles. The van der Waals surface area contributed by atoms with Gasteiger partial charge in [0.15, 0.2) is 8.11 Å². The van der Waals surface area contributed by atoms with Gasteiger partial charge in [-0.2, -0.15) is 11.1 Å².